The van der Waals surface area contributed by atoms with Crippen molar-refractivity contribution in [2.45, 2.75) is 24.2 Å². The molecule has 0 saturated heterocycles. The van der Waals surface area contributed by atoms with Crippen LogP contribution in [-0.4, -0.2) is 48.3 Å². The van der Waals surface area contributed by atoms with E-state index in [1.165, 1.54) is 24.8 Å². The van der Waals surface area contributed by atoms with E-state index in [1.54, 1.807) is 38.1 Å². The maximum atomic E-state index is 11.6. The maximum Gasteiger partial charge on any atom is 0.247 e. The normalized spacial score (nSPS) is 13.5. The van der Waals surface area contributed by atoms with Gasteiger partial charge in [-0.2, -0.15) is 0 Å². The Hall–Kier alpha value is -2.46. The minimum Gasteiger partial charge on any atom is -0.227 e. The highest BCUT2D eigenvalue weighted by Gasteiger charge is 2.20. The summed E-state index contributed by atoms with van der Waals surface area (Å²) in [6.07, 6.45) is 8.86. The van der Waals surface area contributed by atoms with Crippen molar-refractivity contribution < 1.29 is 16.8 Å². The molecule has 0 unspecified atom stereocenters. The van der Waals surface area contributed by atoms with E-state index in [0.717, 1.165) is 0 Å². The molecule has 0 fully saturated rings. The average Bonchev–Trinajstić information content (AvgIpc) is 2.69. The molecule has 2 aromatic heterocycles. The molecule has 8 nitrogen and oxygen atoms in total. The van der Waals surface area contributed by atoms with Gasteiger partial charge in [0.1, 0.15) is 0 Å². The monoisotopic (exact) mass is 424 g/mol. The molecule has 0 aliphatic carbocycles. The number of nitrogens with zero attached hydrogens (tertiary/aromatic N) is 4. The van der Waals surface area contributed by atoms with Gasteiger partial charge in [0.25, 0.3) is 0 Å². The van der Waals surface area contributed by atoms with Gasteiger partial charge in [0.15, 0.2) is 0 Å². The quantitative estimate of drug-likeness (QED) is 0.467. The molecule has 0 aromatic carbocycles. The summed E-state index contributed by atoms with van der Waals surface area (Å²) in [4.78, 5) is 14.8. The number of aromatic nitrogens is 4. The van der Waals surface area contributed by atoms with Crippen LogP contribution in [0.5, 0.6) is 0 Å². The van der Waals surface area contributed by atoms with Gasteiger partial charge in [-0.1, -0.05) is 26.0 Å². The number of hydrogen-bond donors (Lipinski definition) is 0. The van der Waals surface area contributed by atoms with Gasteiger partial charge in [-0.25, -0.2) is 36.8 Å². The lowest BCUT2D eigenvalue weighted by molar-refractivity contribution is 0.577. The third-order valence-electron chi connectivity index (χ3n) is 3.41. The van der Waals surface area contributed by atoms with Gasteiger partial charge in [0, 0.05) is 24.8 Å². The molecule has 0 aliphatic heterocycles. The smallest absolute Gasteiger partial charge is 0.227 e. The first kappa shape index (κ1) is 23.6. The fourth-order valence-corrected chi connectivity index (χ4v) is 4.71. The molecule has 0 spiro atoms. The van der Waals surface area contributed by atoms with Crippen LogP contribution in [0.4, 0.5) is 0 Å². The summed E-state index contributed by atoms with van der Waals surface area (Å²) in [5, 5.41) is -0.234. The van der Waals surface area contributed by atoms with Gasteiger partial charge in [-0.15, -0.1) is 13.2 Å². The summed E-state index contributed by atoms with van der Waals surface area (Å²) in [5.74, 6) is -0.186. The van der Waals surface area contributed by atoms with E-state index in [0.29, 0.717) is 0 Å². The van der Waals surface area contributed by atoms with Crippen molar-refractivity contribution in [3.05, 3.63) is 62.2 Å². The standard InChI is InChI=1S/2C9H12N2O2S/c2*1-3-8(2)7-14(12,13)9-10-5-4-6-11-9/h2*3-6,8H,1,7H2,2H3/t2*8-/m10/s1. The van der Waals surface area contributed by atoms with Gasteiger partial charge < -0.3 is 0 Å². The minimum absolute atomic E-state index is 0.000509. The summed E-state index contributed by atoms with van der Waals surface area (Å²) in [5.41, 5.74) is 0. The molecule has 2 heterocycles. The Labute approximate surface area is 166 Å². The number of sulfone groups is 2. The summed E-state index contributed by atoms with van der Waals surface area (Å²) >= 11 is 0. The molecular weight excluding hydrogens is 400 g/mol. The van der Waals surface area contributed by atoms with Crippen molar-refractivity contribution in [3.63, 3.8) is 0 Å². The van der Waals surface area contributed by atoms with Crippen LogP contribution in [0.15, 0.2) is 72.5 Å². The molecule has 0 radical (unpaired) electrons. The maximum absolute atomic E-state index is 11.6. The summed E-state index contributed by atoms with van der Waals surface area (Å²) in [6.45, 7) is 10.6. The first-order valence-corrected chi connectivity index (χ1v) is 11.7. The highest BCUT2D eigenvalue weighted by atomic mass is 32.2. The molecule has 10 heteroatoms. The summed E-state index contributed by atoms with van der Waals surface area (Å²) in [7, 11) is -6.73. The predicted molar refractivity (Wildman–Crippen MR) is 107 cm³/mol. The van der Waals surface area contributed by atoms with E-state index in [1.807, 2.05) is 0 Å². The second kappa shape index (κ2) is 10.8. The second-order valence-electron chi connectivity index (χ2n) is 6.05. The zero-order valence-electron chi connectivity index (χ0n) is 15.8. The van der Waals surface area contributed by atoms with Crippen molar-refractivity contribution in [1.82, 2.24) is 19.9 Å². The van der Waals surface area contributed by atoms with Crippen molar-refractivity contribution in [2.24, 2.45) is 11.8 Å². The Morgan fingerprint density at radius 1 is 0.750 bits per heavy atom. The van der Waals surface area contributed by atoms with Crippen molar-refractivity contribution in [3.8, 4) is 0 Å². The SMILES string of the molecule is C=C[C@@H](C)CS(=O)(=O)c1ncccn1.C=C[C@H](C)CS(=O)(=O)c1ncccn1. The molecule has 152 valence electrons. The molecule has 2 aromatic rings. The molecule has 0 N–H and O–H groups in total. The predicted octanol–water partition coefficient (Wildman–Crippen LogP) is 2.14. The van der Waals surface area contributed by atoms with Crippen molar-refractivity contribution in [1.29, 1.82) is 0 Å². The zero-order valence-corrected chi connectivity index (χ0v) is 17.5. The van der Waals surface area contributed by atoms with E-state index < -0.39 is 19.7 Å². The molecule has 0 bridgehead atoms. The van der Waals surface area contributed by atoms with Crippen LogP contribution in [0.1, 0.15) is 13.8 Å². The van der Waals surface area contributed by atoms with Crippen LogP contribution < -0.4 is 0 Å². The number of allylic oxidation sites excluding steroid dienone is 2. The number of hydrogen-bond acceptors (Lipinski definition) is 8. The third-order valence-corrected chi connectivity index (χ3v) is 6.87. The number of rotatable bonds is 8. The summed E-state index contributed by atoms with van der Waals surface area (Å²) < 4.78 is 46.5. The van der Waals surface area contributed by atoms with Crippen LogP contribution in [0.3, 0.4) is 0 Å². The Morgan fingerprint density at radius 3 is 1.29 bits per heavy atom. The highest BCUT2D eigenvalue weighted by molar-refractivity contribution is 7.91. The van der Waals surface area contributed by atoms with Gasteiger partial charge >= 0.3 is 0 Å². The fraction of sp³-hybridized carbons (Fsp3) is 0.333. The minimum atomic E-state index is -3.37. The third kappa shape index (κ3) is 7.65. The molecular formula is C18H24N4O4S2. The van der Waals surface area contributed by atoms with E-state index in [2.05, 4.69) is 33.1 Å². The van der Waals surface area contributed by atoms with Crippen LogP contribution in [0, 0.1) is 11.8 Å². The molecule has 0 amide bonds. The lowest BCUT2D eigenvalue weighted by atomic mass is 10.2. The zero-order chi connectivity index (χ0) is 21.2. The first-order chi connectivity index (χ1) is 13.1. The van der Waals surface area contributed by atoms with Gasteiger partial charge in [0.2, 0.25) is 30.0 Å². The topological polar surface area (TPSA) is 120 Å². The molecule has 28 heavy (non-hydrogen) atoms. The van der Waals surface area contributed by atoms with Crippen LogP contribution in [-0.2, 0) is 19.7 Å². The largest absolute Gasteiger partial charge is 0.247 e. The van der Waals surface area contributed by atoms with E-state index in [4.69, 9.17) is 0 Å². The molecule has 2 rings (SSSR count). The van der Waals surface area contributed by atoms with Gasteiger partial charge in [0.05, 0.1) is 11.5 Å². The van der Waals surface area contributed by atoms with E-state index in [-0.39, 0.29) is 33.7 Å². The summed E-state index contributed by atoms with van der Waals surface area (Å²) in [6, 6.07) is 3.16. The lowest BCUT2D eigenvalue weighted by Gasteiger charge is -2.05. The Bertz CT molecular complexity index is 882. The van der Waals surface area contributed by atoms with Gasteiger partial charge in [-0.3, -0.25) is 0 Å². The molecule has 2 atom stereocenters. The average molecular weight is 425 g/mol. The lowest BCUT2D eigenvalue weighted by Crippen LogP contribution is -2.15. The van der Waals surface area contributed by atoms with E-state index >= 15 is 0 Å². The van der Waals surface area contributed by atoms with Crippen molar-refractivity contribution in [2.75, 3.05) is 11.5 Å². The van der Waals surface area contributed by atoms with Crippen LogP contribution >= 0.6 is 0 Å². The van der Waals surface area contributed by atoms with Crippen molar-refractivity contribution >= 4 is 19.7 Å². The second-order valence-corrected chi connectivity index (χ2v) is 9.91. The Balaban J connectivity index is 0.000000280. The molecule has 0 aliphatic rings. The molecule has 0 saturated carbocycles. The first-order valence-electron chi connectivity index (χ1n) is 8.37. The van der Waals surface area contributed by atoms with E-state index in [9.17, 15) is 16.8 Å². The Kier molecular flexibility index (Phi) is 9.07. The van der Waals surface area contributed by atoms with Crippen LogP contribution in [0.2, 0.25) is 0 Å². The van der Waals surface area contributed by atoms with Crippen LogP contribution in [0.25, 0.3) is 0 Å². The fourth-order valence-electron chi connectivity index (χ4n) is 1.87. The Morgan fingerprint density at radius 2 is 1.04 bits per heavy atom. The highest BCUT2D eigenvalue weighted by Crippen LogP contribution is 2.09. The van der Waals surface area contributed by atoms with Gasteiger partial charge in [-0.05, 0) is 24.0 Å².